The van der Waals surface area contributed by atoms with Gasteiger partial charge < -0.3 is 14.9 Å². The summed E-state index contributed by atoms with van der Waals surface area (Å²) < 4.78 is 5.05. The number of hydrogen-bond donors (Lipinski definition) is 2. The van der Waals surface area contributed by atoms with Crippen LogP contribution in [0.3, 0.4) is 0 Å². The predicted molar refractivity (Wildman–Crippen MR) is 86.6 cm³/mol. The minimum Gasteiger partial charge on any atom is -0.508 e. The summed E-state index contributed by atoms with van der Waals surface area (Å²) in [4.78, 5) is 11.5. The molecule has 0 saturated heterocycles. The molecule has 2 aromatic carbocycles. The van der Waals surface area contributed by atoms with Crippen molar-refractivity contribution in [3.63, 3.8) is 0 Å². The molecule has 0 spiro atoms. The Morgan fingerprint density at radius 1 is 1.14 bits per heavy atom. The average molecular weight is 339 g/mol. The summed E-state index contributed by atoms with van der Waals surface area (Å²) in [5.41, 5.74) is 1.03. The number of phenols is 1. The number of aromatic hydroxyl groups is 1. The zero-order valence-electron chi connectivity index (χ0n) is 11.5. The maximum absolute atomic E-state index is 11.5. The summed E-state index contributed by atoms with van der Waals surface area (Å²) >= 11 is 12.1. The second-order valence-corrected chi connectivity index (χ2v) is 5.24. The molecular weight excluding hydrogens is 327 g/mol. The van der Waals surface area contributed by atoms with Crippen LogP contribution in [0.15, 0.2) is 36.4 Å². The van der Waals surface area contributed by atoms with Crippen molar-refractivity contribution in [1.29, 1.82) is 0 Å². The van der Waals surface area contributed by atoms with Gasteiger partial charge in [-0.05, 0) is 41.5 Å². The molecule has 0 atom stereocenters. The maximum Gasteiger partial charge on any atom is 0.336 e. The minimum atomic E-state index is -1.10. The lowest BCUT2D eigenvalue weighted by molar-refractivity contribution is -0.130. The molecule has 0 aliphatic carbocycles. The second-order valence-electron chi connectivity index (χ2n) is 4.43. The third-order valence-corrected chi connectivity index (χ3v) is 3.51. The lowest BCUT2D eigenvalue weighted by Gasteiger charge is -2.08. The normalized spacial score (nSPS) is 11.3. The van der Waals surface area contributed by atoms with E-state index in [1.807, 2.05) is 0 Å². The number of carboxylic acids is 1. The van der Waals surface area contributed by atoms with Crippen LogP contribution in [0, 0.1) is 0 Å². The Morgan fingerprint density at radius 3 is 2.14 bits per heavy atom. The van der Waals surface area contributed by atoms with Crippen molar-refractivity contribution in [3.8, 4) is 11.5 Å². The third-order valence-electron chi connectivity index (χ3n) is 2.94. The third kappa shape index (κ3) is 3.53. The Kier molecular flexibility index (Phi) is 4.96. The first-order chi connectivity index (χ1) is 10.4. The number of aliphatic carboxylic acids is 1. The van der Waals surface area contributed by atoms with Crippen molar-refractivity contribution in [3.05, 3.63) is 57.6 Å². The Bertz CT molecular complexity index is 713. The first-order valence-electron chi connectivity index (χ1n) is 6.20. The summed E-state index contributed by atoms with van der Waals surface area (Å²) in [5, 5.41) is 19.2. The van der Waals surface area contributed by atoms with E-state index >= 15 is 0 Å². The van der Waals surface area contributed by atoms with Gasteiger partial charge in [0.25, 0.3) is 0 Å². The Morgan fingerprint density at radius 2 is 1.68 bits per heavy atom. The van der Waals surface area contributed by atoms with Crippen molar-refractivity contribution in [2.24, 2.45) is 0 Å². The molecule has 2 rings (SSSR count). The largest absolute Gasteiger partial charge is 0.508 e. The molecule has 0 radical (unpaired) electrons. The van der Waals surface area contributed by atoms with E-state index in [2.05, 4.69) is 0 Å². The van der Waals surface area contributed by atoms with Crippen LogP contribution in [0.25, 0.3) is 11.6 Å². The molecule has 0 amide bonds. The van der Waals surface area contributed by atoms with Crippen LogP contribution in [-0.2, 0) is 4.79 Å². The summed E-state index contributed by atoms with van der Waals surface area (Å²) in [6, 6.07) is 9.00. The van der Waals surface area contributed by atoms with Crippen LogP contribution in [0.5, 0.6) is 11.5 Å². The fourth-order valence-electron chi connectivity index (χ4n) is 1.93. The molecule has 0 fully saturated rings. The number of methoxy groups -OCH3 is 1. The van der Waals surface area contributed by atoms with Gasteiger partial charge in [-0.3, -0.25) is 0 Å². The fraction of sp³-hybridized carbons (Fsp3) is 0.0625. The molecule has 0 aromatic heterocycles. The van der Waals surface area contributed by atoms with E-state index in [0.29, 0.717) is 16.9 Å². The van der Waals surface area contributed by atoms with Gasteiger partial charge in [0.15, 0.2) is 5.75 Å². The molecule has 2 aromatic rings. The number of hydrogen-bond acceptors (Lipinski definition) is 3. The highest BCUT2D eigenvalue weighted by atomic mass is 35.5. The molecule has 0 heterocycles. The summed E-state index contributed by atoms with van der Waals surface area (Å²) in [6.07, 6.45) is 1.45. The van der Waals surface area contributed by atoms with Crippen molar-refractivity contribution in [1.82, 2.24) is 0 Å². The van der Waals surface area contributed by atoms with E-state index in [0.717, 1.165) is 0 Å². The SMILES string of the molecule is COc1c(Cl)cc(/C=C(\C(=O)O)c2ccc(O)cc2)cc1Cl. The van der Waals surface area contributed by atoms with E-state index in [4.69, 9.17) is 27.9 Å². The van der Waals surface area contributed by atoms with Gasteiger partial charge in [-0.2, -0.15) is 0 Å². The monoisotopic (exact) mass is 338 g/mol. The molecule has 2 N–H and O–H groups in total. The summed E-state index contributed by atoms with van der Waals surface area (Å²) in [6.45, 7) is 0. The molecule has 0 aliphatic rings. The molecule has 0 unspecified atom stereocenters. The van der Waals surface area contributed by atoms with Crippen LogP contribution in [0.1, 0.15) is 11.1 Å². The Hall–Kier alpha value is -2.17. The lowest BCUT2D eigenvalue weighted by Crippen LogP contribution is -1.99. The van der Waals surface area contributed by atoms with Crippen molar-refractivity contribution >= 4 is 40.8 Å². The number of phenolic OH excluding ortho intramolecular Hbond substituents is 1. The van der Waals surface area contributed by atoms with E-state index in [9.17, 15) is 15.0 Å². The quantitative estimate of drug-likeness (QED) is 0.643. The highest BCUT2D eigenvalue weighted by molar-refractivity contribution is 6.37. The fourth-order valence-corrected chi connectivity index (χ4v) is 2.59. The smallest absolute Gasteiger partial charge is 0.336 e. The molecule has 4 nitrogen and oxygen atoms in total. The van der Waals surface area contributed by atoms with E-state index in [1.165, 1.54) is 37.5 Å². The van der Waals surface area contributed by atoms with Crippen LogP contribution in [0.2, 0.25) is 10.0 Å². The molecule has 0 saturated carbocycles. The number of ether oxygens (including phenoxy) is 1. The average Bonchev–Trinajstić information content (AvgIpc) is 2.45. The van der Waals surface area contributed by atoms with E-state index in [1.54, 1.807) is 12.1 Å². The number of carboxylic acid groups (broad SMARTS) is 1. The van der Waals surface area contributed by atoms with Gasteiger partial charge in [0, 0.05) is 0 Å². The second kappa shape index (κ2) is 6.73. The summed E-state index contributed by atoms with van der Waals surface area (Å²) in [7, 11) is 1.45. The minimum absolute atomic E-state index is 0.0531. The molecule has 114 valence electrons. The van der Waals surface area contributed by atoms with Crippen molar-refractivity contribution in [2.75, 3.05) is 7.11 Å². The molecular formula is C16H12Cl2O4. The zero-order chi connectivity index (χ0) is 16.3. The number of benzene rings is 2. The number of carbonyl (C=O) groups is 1. The number of rotatable bonds is 4. The zero-order valence-corrected chi connectivity index (χ0v) is 13.0. The topological polar surface area (TPSA) is 66.8 Å². The van der Waals surface area contributed by atoms with E-state index < -0.39 is 5.97 Å². The highest BCUT2D eigenvalue weighted by Crippen LogP contribution is 2.35. The van der Waals surface area contributed by atoms with Crippen LogP contribution >= 0.6 is 23.2 Å². The first-order valence-corrected chi connectivity index (χ1v) is 6.95. The van der Waals surface area contributed by atoms with Crippen molar-refractivity contribution in [2.45, 2.75) is 0 Å². The molecule has 22 heavy (non-hydrogen) atoms. The van der Waals surface area contributed by atoms with Gasteiger partial charge >= 0.3 is 5.97 Å². The van der Waals surface area contributed by atoms with Gasteiger partial charge in [0.1, 0.15) is 5.75 Å². The lowest BCUT2D eigenvalue weighted by atomic mass is 10.0. The first kappa shape index (κ1) is 16.2. The van der Waals surface area contributed by atoms with Crippen LogP contribution < -0.4 is 4.74 Å². The molecule has 0 aliphatic heterocycles. The Balaban J connectivity index is 2.51. The highest BCUT2D eigenvalue weighted by Gasteiger charge is 2.13. The molecule has 6 heteroatoms. The van der Waals surface area contributed by atoms with Crippen LogP contribution in [0.4, 0.5) is 0 Å². The Labute approximate surface area is 137 Å². The van der Waals surface area contributed by atoms with Gasteiger partial charge in [0.2, 0.25) is 0 Å². The predicted octanol–water partition coefficient (Wildman–Crippen LogP) is 4.33. The standard InChI is InChI=1S/C16H12Cl2O4/c1-22-15-13(17)7-9(8-14(15)18)6-12(16(20)21)10-2-4-11(19)5-3-10/h2-8,19H,1H3,(H,20,21)/b12-6-. The summed E-state index contributed by atoms with van der Waals surface area (Å²) in [5.74, 6) is -0.709. The van der Waals surface area contributed by atoms with Gasteiger partial charge in [-0.15, -0.1) is 0 Å². The van der Waals surface area contributed by atoms with Gasteiger partial charge in [-0.25, -0.2) is 4.79 Å². The van der Waals surface area contributed by atoms with E-state index in [-0.39, 0.29) is 21.4 Å². The maximum atomic E-state index is 11.5. The van der Waals surface area contributed by atoms with Gasteiger partial charge in [-0.1, -0.05) is 35.3 Å². The van der Waals surface area contributed by atoms with Crippen molar-refractivity contribution < 1.29 is 19.7 Å². The van der Waals surface area contributed by atoms with Gasteiger partial charge in [0.05, 0.1) is 22.7 Å². The number of halogens is 2. The van der Waals surface area contributed by atoms with Crippen LogP contribution in [-0.4, -0.2) is 23.3 Å². The molecule has 0 bridgehead atoms.